The van der Waals surface area contributed by atoms with Crippen molar-refractivity contribution in [1.29, 1.82) is 0 Å². The summed E-state index contributed by atoms with van der Waals surface area (Å²) in [5.41, 5.74) is 0.914. The number of nitrogens with one attached hydrogen (secondary N) is 1. The summed E-state index contributed by atoms with van der Waals surface area (Å²) in [6, 6.07) is 9.85. The standard InChI is InChI=1S/C12H9BrN2O4/c13-9-3-1-8(2-4-9)7-14-12(16)10-5-6-11(19-10)15(17)18/h1-6H,7H2,(H,14,16). The van der Waals surface area contributed by atoms with Crippen molar-refractivity contribution in [2.45, 2.75) is 6.54 Å². The van der Waals surface area contributed by atoms with Crippen LogP contribution in [0.1, 0.15) is 16.1 Å². The van der Waals surface area contributed by atoms with Crippen LogP contribution in [-0.2, 0) is 6.54 Å². The van der Waals surface area contributed by atoms with Gasteiger partial charge in [-0.15, -0.1) is 0 Å². The minimum atomic E-state index is -0.689. The number of nitro groups is 1. The second-order valence-corrected chi connectivity index (χ2v) is 4.62. The van der Waals surface area contributed by atoms with Gasteiger partial charge in [-0.2, -0.15) is 0 Å². The van der Waals surface area contributed by atoms with Gasteiger partial charge >= 0.3 is 5.88 Å². The van der Waals surface area contributed by atoms with Gasteiger partial charge in [-0.3, -0.25) is 14.9 Å². The Morgan fingerprint density at radius 2 is 1.95 bits per heavy atom. The van der Waals surface area contributed by atoms with Crippen LogP contribution in [0.2, 0.25) is 0 Å². The van der Waals surface area contributed by atoms with E-state index in [1.807, 2.05) is 24.3 Å². The Kier molecular flexibility index (Phi) is 3.96. The molecule has 0 saturated carbocycles. The van der Waals surface area contributed by atoms with Gasteiger partial charge in [-0.25, -0.2) is 0 Å². The van der Waals surface area contributed by atoms with Crippen molar-refractivity contribution < 1.29 is 14.1 Å². The van der Waals surface area contributed by atoms with Crippen molar-refractivity contribution in [3.8, 4) is 0 Å². The molecule has 2 aromatic rings. The van der Waals surface area contributed by atoms with Gasteiger partial charge in [0.2, 0.25) is 0 Å². The topological polar surface area (TPSA) is 85.4 Å². The minimum Gasteiger partial charge on any atom is -0.395 e. The molecule has 1 aromatic carbocycles. The summed E-state index contributed by atoms with van der Waals surface area (Å²) < 4.78 is 5.74. The Bertz CT molecular complexity index is 606. The molecule has 0 unspecified atom stereocenters. The molecule has 0 atom stereocenters. The van der Waals surface area contributed by atoms with E-state index >= 15 is 0 Å². The van der Waals surface area contributed by atoms with Crippen molar-refractivity contribution in [1.82, 2.24) is 5.32 Å². The third kappa shape index (κ3) is 3.41. The van der Waals surface area contributed by atoms with E-state index in [9.17, 15) is 14.9 Å². The number of nitrogens with zero attached hydrogens (tertiary/aromatic N) is 1. The molecule has 0 spiro atoms. The lowest BCUT2D eigenvalue weighted by Gasteiger charge is -2.03. The zero-order chi connectivity index (χ0) is 13.8. The van der Waals surface area contributed by atoms with Crippen molar-refractivity contribution in [3.05, 3.63) is 62.3 Å². The molecule has 0 aliphatic carbocycles. The molecule has 0 saturated heterocycles. The lowest BCUT2D eigenvalue weighted by Crippen LogP contribution is -2.22. The van der Waals surface area contributed by atoms with E-state index in [0.717, 1.165) is 16.1 Å². The van der Waals surface area contributed by atoms with E-state index in [-0.39, 0.29) is 5.76 Å². The van der Waals surface area contributed by atoms with Crippen LogP contribution in [-0.4, -0.2) is 10.8 Å². The number of hydrogen-bond acceptors (Lipinski definition) is 4. The van der Waals surface area contributed by atoms with Gasteiger partial charge in [0, 0.05) is 11.0 Å². The van der Waals surface area contributed by atoms with Gasteiger partial charge in [0.25, 0.3) is 5.91 Å². The Balaban J connectivity index is 1.97. The van der Waals surface area contributed by atoms with Crippen LogP contribution < -0.4 is 5.32 Å². The molecule has 1 N–H and O–H groups in total. The number of furan rings is 1. The van der Waals surface area contributed by atoms with Gasteiger partial charge in [-0.05, 0) is 23.8 Å². The zero-order valence-electron chi connectivity index (χ0n) is 9.63. The molecule has 2 rings (SSSR count). The Morgan fingerprint density at radius 3 is 2.53 bits per heavy atom. The Hall–Kier alpha value is -2.15. The summed E-state index contributed by atoms with van der Waals surface area (Å²) in [7, 11) is 0. The first-order valence-corrected chi connectivity index (χ1v) is 6.12. The van der Waals surface area contributed by atoms with Crippen molar-refractivity contribution in [2.24, 2.45) is 0 Å². The molecular formula is C12H9BrN2O4. The molecule has 19 heavy (non-hydrogen) atoms. The molecule has 98 valence electrons. The molecule has 0 aliphatic rings. The van der Waals surface area contributed by atoms with Crippen LogP contribution >= 0.6 is 15.9 Å². The lowest BCUT2D eigenvalue weighted by atomic mass is 10.2. The first-order valence-electron chi connectivity index (χ1n) is 5.33. The number of amides is 1. The van der Waals surface area contributed by atoms with Crippen molar-refractivity contribution in [3.63, 3.8) is 0 Å². The van der Waals surface area contributed by atoms with Crippen molar-refractivity contribution in [2.75, 3.05) is 0 Å². The fourth-order valence-electron chi connectivity index (χ4n) is 1.42. The molecule has 0 aliphatic heterocycles. The van der Waals surface area contributed by atoms with Crippen LogP contribution in [0.4, 0.5) is 5.88 Å². The first kappa shape index (κ1) is 13.3. The number of rotatable bonds is 4. The summed E-state index contributed by atoms with van der Waals surface area (Å²) in [5.74, 6) is -1.02. The number of carbonyl (C=O) groups excluding carboxylic acids is 1. The van der Waals surface area contributed by atoms with E-state index in [4.69, 9.17) is 4.42 Å². The van der Waals surface area contributed by atoms with Crippen LogP contribution in [0.25, 0.3) is 0 Å². The molecule has 1 aromatic heterocycles. The fraction of sp³-hybridized carbons (Fsp3) is 0.0833. The predicted octanol–water partition coefficient (Wildman–Crippen LogP) is 2.88. The summed E-state index contributed by atoms with van der Waals surface area (Å²) in [6.07, 6.45) is 0. The van der Waals surface area contributed by atoms with Crippen LogP contribution in [0.3, 0.4) is 0 Å². The first-order chi connectivity index (χ1) is 9.06. The van der Waals surface area contributed by atoms with Gasteiger partial charge in [0.05, 0.1) is 6.07 Å². The predicted molar refractivity (Wildman–Crippen MR) is 70.7 cm³/mol. The minimum absolute atomic E-state index is 0.0798. The highest BCUT2D eigenvalue weighted by Crippen LogP contribution is 2.15. The summed E-state index contributed by atoms with van der Waals surface area (Å²) in [6.45, 7) is 0.320. The fourth-order valence-corrected chi connectivity index (χ4v) is 1.68. The quantitative estimate of drug-likeness (QED) is 0.692. The van der Waals surface area contributed by atoms with Gasteiger partial charge in [0.1, 0.15) is 4.92 Å². The monoisotopic (exact) mass is 324 g/mol. The Morgan fingerprint density at radius 1 is 1.26 bits per heavy atom. The third-order valence-corrected chi connectivity index (χ3v) is 2.89. The second-order valence-electron chi connectivity index (χ2n) is 3.70. The van der Waals surface area contributed by atoms with Crippen LogP contribution in [0.5, 0.6) is 0 Å². The van der Waals surface area contributed by atoms with E-state index in [1.165, 1.54) is 6.07 Å². The molecule has 1 heterocycles. The number of benzene rings is 1. The highest BCUT2D eigenvalue weighted by atomic mass is 79.9. The zero-order valence-corrected chi connectivity index (χ0v) is 11.2. The van der Waals surface area contributed by atoms with Gasteiger partial charge in [0.15, 0.2) is 5.76 Å². The third-order valence-electron chi connectivity index (χ3n) is 2.36. The van der Waals surface area contributed by atoms with Crippen LogP contribution in [0, 0.1) is 10.1 Å². The molecule has 0 radical (unpaired) electrons. The maximum absolute atomic E-state index is 11.7. The highest BCUT2D eigenvalue weighted by Gasteiger charge is 2.16. The van der Waals surface area contributed by atoms with E-state index in [1.54, 1.807) is 0 Å². The summed E-state index contributed by atoms with van der Waals surface area (Å²) >= 11 is 3.31. The molecule has 0 bridgehead atoms. The average molecular weight is 325 g/mol. The molecular weight excluding hydrogens is 316 g/mol. The van der Waals surface area contributed by atoms with Crippen LogP contribution in [0.15, 0.2) is 45.3 Å². The molecule has 1 amide bonds. The number of carbonyl (C=O) groups is 1. The largest absolute Gasteiger partial charge is 0.433 e. The molecule has 0 fully saturated rings. The number of hydrogen-bond donors (Lipinski definition) is 1. The molecule has 7 heteroatoms. The SMILES string of the molecule is O=C(NCc1ccc(Br)cc1)c1ccc([N+](=O)[O-])o1. The summed E-state index contributed by atoms with van der Waals surface area (Å²) in [5, 5.41) is 13.0. The van der Waals surface area contributed by atoms with E-state index in [2.05, 4.69) is 21.2 Å². The van der Waals surface area contributed by atoms with Gasteiger partial charge < -0.3 is 9.73 Å². The maximum Gasteiger partial charge on any atom is 0.433 e. The smallest absolute Gasteiger partial charge is 0.395 e. The molecule has 6 nitrogen and oxygen atoms in total. The van der Waals surface area contributed by atoms with Crippen molar-refractivity contribution >= 4 is 27.7 Å². The Labute approximate surface area is 116 Å². The highest BCUT2D eigenvalue weighted by molar-refractivity contribution is 9.10. The normalized spacial score (nSPS) is 10.2. The second kappa shape index (κ2) is 5.66. The van der Waals surface area contributed by atoms with E-state index < -0.39 is 16.7 Å². The number of halogens is 1. The van der Waals surface area contributed by atoms with Gasteiger partial charge in [-0.1, -0.05) is 28.1 Å². The average Bonchev–Trinajstić information content (AvgIpc) is 2.87. The van der Waals surface area contributed by atoms with E-state index in [0.29, 0.717) is 6.54 Å². The lowest BCUT2D eigenvalue weighted by molar-refractivity contribution is -0.402. The summed E-state index contributed by atoms with van der Waals surface area (Å²) in [4.78, 5) is 21.4. The maximum atomic E-state index is 11.7.